The van der Waals surface area contributed by atoms with Crippen LogP contribution in [-0.4, -0.2) is 56.5 Å². The number of carboxylic acid groups (broad SMARTS) is 1. The van der Waals surface area contributed by atoms with Crippen LogP contribution in [-0.2, 0) is 53.2 Å². The van der Waals surface area contributed by atoms with Gasteiger partial charge in [0.1, 0.15) is 0 Å². The number of rotatable bonds is 10. The van der Waals surface area contributed by atoms with E-state index in [0.29, 0.717) is 39.5 Å². The number of carbonyl (C=O) groups is 2. The minimum atomic E-state index is -0.609. The molecule has 4 saturated carbocycles. The fourth-order valence-corrected chi connectivity index (χ4v) is 4.92. The number of hydrogen-bond donors (Lipinski definition) is 3. The van der Waals surface area contributed by atoms with Crippen LogP contribution in [0.3, 0.4) is 0 Å². The fraction of sp³-hybridized carbons (Fsp3) is 0.812. The molecule has 7 nitrogen and oxygen atoms in total. The molecule has 0 aromatic rings. The molecular weight excluding hydrogens is 604 g/mol. The Hall–Kier alpha value is -0.141. The SMILES string of the molecule is C1CCCC1.C1CCCC1.NCCOCCOCCNC(=O)C1CCCC1.O=C(O)C1CCCC1.[CH3-].[CH3-].[CH3-].[CH3-].[Fe+2].[Fe+2]. The monoisotopic (exact) mass is 670 g/mol. The summed E-state index contributed by atoms with van der Waals surface area (Å²) in [6, 6.07) is 0. The normalized spacial score (nSPS) is 16.8. The zero-order valence-electron chi connectivity index (χ0n) is 27.0. The number of aliphatic carboxylic acids is 1. The van der Waals surface area contributed by atoms with Crippen molar-refractivity contribution in [1.82, 2.24) is 5.32 Å². The van der Waals surface area contributed by atoms with E-state index in [0.717, 1.165) is 38.5 Å². The molecular formula is C32H66Fe2N2O5. The number of amides is 1. The molecule has 4 fully saturated rings. The smallest absolute Gasteiger partial charge is 0.481 e. The summed E-state index contributed by atoms with van der Waals surface area (Å²) in [6.07, 6.45) is 23.5. The van der Waals surface area contributed by atoms with Crippen LogP contribution in [0.25, 0.3) is 0 Å². The van der Waals surface area contributed by atoms with Crippen molar-refractivity contribution in [1.29, 1.82) is 0 Å². The molecule has 0 heterocycles. The van der Waals surface area contributed by atoms with Gasteiger partial charge in [-0.05, 0) is 25.7 Å². The number of ether oxygens (including phenoxy) is 2. The molecule has 4 rings (SSSR count). The van der Waals surface area contributed by atoms with Crippen molar-refractivity contribution in [3.63, 3.8) is 0 Å². The van der Waals surface area contributed by atoms with Crippen molar-refractivity contribution in [2.45, 2.75) is 116 Å². The van der Waals surface area contributed by atoms with Gasteiger partial charge in [0, 0.05) is 19.0 Å². The minimum Gasteiger partial charge on any atom is -0.481 e. The van der Waals surface area contributed by atoms with Gasteiger partial charge >= 0.3 is 40.1 Å². The maximum atomic E-state index is 11.6. The summed E-state index contributed by atoms with van der Waals surface area (Å²) in [5.41, 5.74) is 5.27. The Balaban J connectivity index is -0.000000107. The fourth-order valence-electron chi connectivity index (χ4n) is 4.92. The molecule has 9 heteroatoms. The quantitative estimate of drug-likeness (QED) is 0.128. The summed E-state index contributed by atoms with van der Waals surface area (Å²) in [6.45, 7) is 3.36. The summed E-state index contributed by atoms with van der Waals surface area (Å²) in [7, 11) is 0. The van der Waals surface area contributed by atoms with Gasteiger partial charge in [0.2, 0.25) is 5.91 Å². The number of carboxylic acids is 1. The average molecular weight is 671 g/mol. The number of hydrogen-bond acceptors (Lipinski definition) is 5. The molecule has 0 aliphatic heterocycles. The van der Waals surface area contributed by atoms with Crippen LogP contribution < -0.4 is 11.1 Å². The Morgan fingerprint density at radius 2 is 0.927 bits per heavy atom. The van der Waals surface area contributed by atoms with Gasteiger partial charge in [-0.2, -0.15) is 0 Å². The molecule has 0 bridgehead atoms. The van der Waals surface area contributed by atoms with Gasteiger partial charge in [-0.1, -0.05) is 89.9 Å². The van der Waals surface area contributed by atoms with Crippen LogP contribution >= 0.6 is 0 Å². The maximum absolute atomic E-state index is 11.6. The van der Waals surface area contributed by atoms with Crippen molar-refractivity contribution in [2.75, 3.05) is 39.5 Å². The van der Waals surface area contributed by atoms with Crippen LogP contribution in [0.4, 0.5) is 0 Å². The molecule has 4 aliphatic carbocycles. The largest absolute Gasteiger partial charge is 2.00 e. The third-order valence-corrected chi connectivity index (χ3v) is 7.11. The van der Waals surface area contributed by atoms with Crippen molar-refractivity contribution in [2.24, 2.45) is 17.6 Å². The second-order valence-electron chi connectivity index (χ2n) is 10.1. The van der Waals surface area contributed by atoms with Crippen LogP contribution in [0.1, 0.15) is 116 Å². The van der Waals surface area contributed by atoms with Crippen LogP contribution in [0.2, 0.25) is 0 Å². The molecule has 41 heavy (non-hydrogen) atoms. The number of carbonyl (C=O) groups excluding carboxylic acids is 1. The maximum Gasteiger partial charge on any atom is 2.00 e. The third kappa shape index (κ3) is 32.6. The van der Waals surface area contributed by atoms with Gasteiger partial charge in [-0.15, -0.1) is 0 Å². The van der Waals surface area contributed by atoms with Gasteiger partial charge in [0.15, 0.2) is 0 Å². The van der Waals surface area contributed by atoms with E-state index in [1.54, 1.807) is 0 Å². The summed E-state index contributed by atoms with van der Waals surface area (Å²) in [5.74, 6) is -0.203. The Labute approximate surface area is 276 Å². The molecule has 0 aromatic carbocycles. The predicted octanol–water partition coefficient (Wildman–Crippen LogP) is 7.24. The molecule has 0 saturated heterocycles. The van der Waals surface area contributed by atoms with Gasteiger partial charge in [0.25, 0.3) is 0 Å². The predicted molar refractivity (Wildman–Crippen MR) is 167 cm³/mol. The topological polar surface area (TPSA) is 111 Å². The van der Waals surface area contributed by atoms with E-state index in [1.807, 2.05) is 0 Å². The van der Waals surface area contributed by atoms with Crippen molar-refractivity contribution in [3.8, 4) is 0 Å². The van der Waals surface area contributed by atoms with Crippen LogP contribution in [0.5, 0.6) is 0 Å². The Kier molecular flexibility index (Phi) is 51.9. The Morgan fingerprint density at radius 1 is 0.585 bits per heavy atom. The molecule has 0 atom stereocenters. The molecule has 0 radical (unpaired) electrons. The van der Waals surface area contributed by atoms with Crippen molar-refractivity contribution >= 4 is 11.9 Å². The summed E-state index contributed by atoms with van der Waals surface area (Å²) in [4.78, 5) is 21.8. The molecule has 0 spiro atoms. The van der Waals surface area contributed by atoms with E-state index in [9.17, 15) is 9.59 Å². The minimum absolute atomic E-state index is 0. The van der Waals surface area contributed by atoms with Gasteiger partial charge in [-0.25, -0.2) is 0 Å². The van der Waals surface area contributed by atoms with Gasteiger partial charge in [-0.3, -0.25) is 9.59 Å². The summed E-state index contributed by atoms with van der Waals surface area (Å²) in [5, 5.41) is 11.3. The van der Waals surface area contributed by atoms with E-state index in [1.165, 1.54) is 77.0 Å². The molecule has 1 amide bonds. The molecule has 0 aromatic heterocycles. The summed E-state index contributed by atoms with van der Waals surface area (Å²) < 4.78 is 10.5. The van der Waals surface area contributed by atoms with Crippen LogP contribution in [0, 0.1) is 41.5 Å². The summed E-state index contributed by atoms with van der Waals surface area (Å²) >= 11 is 0. The molecule has 4 N–H and O–H groups in total. The third-order valence-electron chi connectivity index (χ3n) is 7.11. The second-order valence-corrected chi connectivity index (χ2v) is 10.1. The standard InChI is InChI=1S/C12H24N2O3.C6H10O2.2C5H10.4CH3.2Fe/c13-5-7-16-9-10-17-8-6-14-12(15)11-3-1-2-4-11;7-6(8)5-3-1-2-4-5;2*1-2-4-5-3-1;;;;;;/h11H,1-10,13H2,(H,14,15);5H,1-4H2,(H,7,8);2*1-5H2;4*1H3;;/q;;;;4*-1;2*+2. The molecule has 0 unspecified atom stereocenters. The van der Waals surface area contributed by atoms with E-state index < -0.39 is 5.97 Å². The number of nitrogens with one attached hydrogen (secondary N) is 1. The second kappa shape index (κ2) is 39.9. The first kappa shape index (κ1) is 53.4. The van der Waals surface area contributed by atoms with E-state index in [-0.39, 0.29) is 81.6 Å². The number of nitrogens with two attached hydrogens (primary N) is 1. The van der Waals surface area contributed by atoms with Gasteiger partial charge in [0.05, 0.1) is 32.3 Å². The first-order chi connectivity index (χ1) is 17.1. The Bertz CT molecular complexity index is 485. The van der Waals surface area contributed by atoms with Gasteiger partial charge < -0.3 is 55.3 Å². The van der Waals surface area contributed by atoms with Crippen molar-refractivity contribution in [3.05, 3.63) is 29.7 Å². The molecule has 4 aliphatic rings. The zero-order valence-corrected chi connectivity index (χ0v) is 29.2. The average Bonchev–Trinajstić information content (AvgIpc) is 3.72. The Morgan fingerprint density at radius 3 is 1.24 bits per heavy atom. The van der Waals surface area contributed by atoms with Crippen LogP contribution in [0.15, 0.2) is 0 Å². The van der Waals surface area contributed by atoms with E-state index in [2.05, 4.69) is 5.32 Å². The van der Waals surface area contributed by atoms with E-state index >= 15 is 0 Å². The first-order valence-corrected chi connectivity index (χ1v) is 14.5. The zero-order chi connectivity index (χ0) is 25.4. The van der Waals surface area contributed by atoms with E-state index in [4.69, 9.17) is 20.3 Å². The van der Waals surface area contributed by atoms with Crippen molar-refractivity contribution < 1.29 is 58.3 Å². The molecule has 250 valence electrons. The first-order valence-electron chi connectivity index (χ1n) is 14.5.